The van der Waals surface area contributed by atoms with Gasteiger partial charge in [-0.05, 0) is 43.3 Å². The summed E-state index contributed by atoms with van der Waals surface area (Å²) in [5, 5.41) is 9.40. The second-order valence-electron chi connectivity index (χ2n) is 4.93. The van der Waals surface area contributed by atoms with Gasteiger partial charge >= 0.3 is 5.97 Å². The molecule has 5 nitrogen and oxygen atoms in total. The van der Waals surface area contributed by atoms with E-state index in [4.69, 9.17) is 5.11 Å². The maximum atomic E-state index is 12.8. The molecule has 2 rings (SSSR count). The number of aromatic carboxylic acids is 1. The van der Waals surface area contributed by atoms with Crippen molar-refractivity contribution in [2.24, 2.45) is 0 Å². The predicted molar refractivity (Wildman–Crippen MR) is 92.9 cm³/mol. The first-order valence-electron chi connectivity index (χ1n) is 6.85. The fraction of sp³-hybridized carbons (Fsp3) is 0.188. The van der Waals surface area contributed by atoms with E-state index < -0.39 is 16.0 Å². The number of hydrogen-bond donors (Lipinski definition) is 1. The van der Waals surface area contributed by atoms with Gasteiger partial charge < -0.3 is 5.11 Å². The molecule has 1 N–H and O–H groups in total. The maximum absolute atomic E-state index is 12.8. The van der Waals surface area contributed by atoms with E-state index in [1.165, 1.54) is 28.6 Å². The van der Waals surface area contributed by atoms with Gasteiger partial charge in [-0.1, -0.05) is 33.6 Å². The first-order chi connectivity index (χ1) is 10.9. The van der Waals surface area contributed by atoms with Crippen molar-refractivity contribution in [3.05, 3.63) is 59.7 Å². The van der Waals surface area contributed by atoms with E-state index >= 15 is 0 Å². The Morgan fingerprint density at radius 3 is 2.13 bits per heavy atom. The van der Waals surface area contributed by atoms with Crippen LogP contribution in [-0.4, -0.2) is 31.4 Å². The molecule has 0 bridgehead atoms. The Morgan fingerprint density at radius 2 is 1.65 bits per heavy atom. The zero-order valence-electron chi connectivity index (χ0n) is 12.4. The van der Waals surface area contributed by atoms with Crippen LogP contribution >= 0.6 is 15.9 Å². The molecule has 0 aromatic heterocycles. The minimum atomic E-state index is -3.71. The van der Waals surface area contributed by atoms with Crippen LogP contribution in [0.5, 0.6) is 0 Å². The van der Waals surface area contributed by atoms with Crippen LogP contribution < -0.4 is 4.31 Å². The average molecular weight is 398 g/mol. The monoisotopic (exact) mass is 397 g/mol. The van der Waals surface area contributed by atoms with Crippen molar-refractivity contribution in [1.29, 1.82) is 0 Å². The van der Waals surface area contributed by atoms with Crippen molar-refractivity contribution in [3.63, 3.8) is 0 Å². The summed E-state index contributed by atoms with van der Waals surface area (Å²) in [5.41, 5.74) is 1.51. The molecule has 0 unspecified atom stereocenters. The van der Waals surface area contributed by atoms with E-state index in [0.717, 1.165) is 5.56 Å². The minimum Gasteiger partial charge on any atom is -0.478 e. The van der Waals surface area contributed by atoms with E-state index in [2.05, 4.69) is 15.9 Å². The maximum Gasteiger partial charge on any atom is 0.335 e. The zero-order valence-corrected chi connectivity index (χ0v) is 14.8. The summed E-state index contributed by atoms with van der Waals surface area (Å²) in [6.45, 7) is 2.12. The number of carboxylic acids is 1. The van der Waals surface area contributed by atoms with Crippen LogP contribution in [0.3, 0.4) is 0 Å². The third-order valence-corrected chi connectivity index (χ3v) is 5.50. The quantitative estimate of drug-likeness (QED) is 0.758. The van der Waals surface area contributed by atoms with E-state index in [-0.39, 0.29) is 17.0 Å². The molecule has 0 spiro atoms. The van der Waals surface area contributed by atoms with E-state index in [9.17, 15) is 13.2 Å². The summed E-state index contributed by atoms with van der Waals surface area (Å²) in [5.74, 6) is -1.05. The first-order valence-corrected chi connectivity index (χ1v) is 9.41. The molecule has 0 saturated carbocycles. The van der Waals surface area contributed by atoms with Gasteiger partial charge in [0.1, 0.15) is 0 Å². The molecule has 7 heteroatoms. The fourth-order valence-corrected chi connectivity index (χ4v) is 4.13. The molecule has 0 saturated heterocycles. The molecule has 2 aromatic rings. The molecule has 122 valence electrons. The van der Waals surface area contributed by atoms with Gasteiger partial charge in [-0.3, -0.25) is 4.31 Å². The van der Waals surface area contributed by atoms with Crippen LogP contribution in [0.1, 0.15) is 15.9 Å². The summed E-state index contributed by atoms with van der Waals surface area (Å²) < 4.78 is 26.9. The van der Waals surface area contributed by atoms with Gasteiger partial charge in [0.15, 0.2) is 0 Å². The molecule has 0 atom stereocenters. The number of anilines is 1. The number of alkyl halides is 1. The third-order valence-electron chi connectivity index (χ3n) is 3.30. The lowest BCUT2D eigenvalue weighted by Gasteiger charge is -2.24. The second-order valence-corrected chi connectivity index (χ2v) is 7.59. The fourth-order valence-electron chi connectivity index (χ4n) is 2.07. The van der Waals surface area contributed by atoms with Gasteiger partial charge in [-0.15, -0.1) is 0 Å². The Labute approximate surface area is 143 Å². The molecular formula is C16H16BrNO4S. The highest BCUT2D eigenvalue weighted by Gasteiger charge is 2.24. The SMILES string of the molecule is Cc1ccc(S(=O)(=O)N(CCBr)c2ccc(C(=O)O)cc2)cc1. The number of hydrogen-bond acceptors (Lipinski definition) is 3. The number of benzene rings is 2. The van der Waals surface area contributed by atoms with Crippen LogP contribution in [-0.2, 0) is 10.0 Å². The molecule has 0 aliphatic rings. The third kappa shape index (κ3) is 3.92. The number of carbonyl (C=O) groups is 1. The molecule has 0 aliphatic heterocycles. The van der Waals surface area contributed by atoms with Crippen LogP contribution in [0.25, 0.3) is 0 Å². The standard InChI is InChI=1S/C16H16BrNO4S/c1-12-2-8-15(9-3-12)23(21,22)18(11-10-17)14-6-4-13(5-7-14)16(19)20/h2-9H,10-11H2,1H3,(H,19,20). The highest BCUT2D eigenvalue weighted by molar-refractivity contribution is 9.09. The highest BCUT2D eigenvalue weighted by atomic mass is 79.9. The van der Waals surface area contributed by atoms with E-state index in [1.54, 1.807) is 24.3 Å². The number of rotatable bonds is 6. The molecule has 0 radical (unpaired) electrons. The smallest absolute Gasteiger partial charge is 0.335 e. The van der Waals surface area contributed by atoms with Crippen molar-refractivity contribution in [3.8, 4) is 0 Å². The number of sulfonamides is 1. The Balaban J connectivity index is 2.44. The lowest BCUT2D eigenvalue weighted by atomic mass is 10.2. The lowest BCUT2D eigenvalue weighted by Crippen LogP contribution is -2.32. The van der Waals surface area contributed by atoms with Crippen molar-refractivity contribution >= 4 is 37.6 Å². The number of aryl methyl sites for hydroxylation is 1. The molecule has 23 heavy (non-hydrogen) atoms. The van der Waals surface area contributed by atoms with E-state index in [0.29, 0.717) is 11.0 Å². The Bertz CT molecular complexity index is 786. The van der Waals surface area contributed by atoms with Gasteiger partial charge in [-0.2, -0.15) is 0 Å². The molecule has 0 heterocycles. The van der Waals surface area contributed by atoms with E-state index in [1.807, 2.05) is 6.92 Å². The highest BCUT2D eigenvalue weighted by Crippen LogP contribution is 2.24. The molecule has 0 fully saturated rings. The second kappa shape index (κ2) is 7.14. The molecule has 0 aliphatic carbocycles. The van der Waals surface area contributed by atoms with Crippen LogP contribution in [0.2, 0.25) is 0 Å². The van der Waals surface area contributed by atoms with Crippen molar-refractivity contribution in [1.82, 2.24) is 0 Å². The molecule has 0 amide bonds. The van der Waals surface area contributed by atoms with Crippen LogP contribution in [0.15, 0.2) is 53.4 Å². The normalized spacial score (nSPS) is 11.2. The topological polar surface area (TPSA) is 74.7 Å². The van der Waals surface area contributed by atoms with Gasteiger partial charge in [0.2, 0.25) is 0 Å². The van der Waals surface area contributed by atoms with Crippen molar-refractivity contribution < 1.29 is 18.3 Å². The summed E-state index contributed by atoms with van der Waals surface area (Å²) in [7, 11) is -3.71. The minimum absolute atomic E-state index is 0.111. The van der Waals surface area contributed by atoms with Gasteiger partial charge in [0.25, 0.3) is 10.0 Å². The van der Waals surface area contributed by atoms with Crippen LogP contribution in [0.4, 0.5) is 5.69 Å². The summed E-state index contributed by atoms with van der Waals surface area (Å²) in [6.07, 6.45) is 0. The zero-order chi connectivity index (χ0) is 17.0. The predicted octanol–water partition coefficient (Wildman–Crippen LogP) is 3.28. The summed E-state index contributed by atoms with van der Waals surface area (Å²) in [6, 6.07) is 12.4. The molecular weight excluding hydrogens is 382 g/mol. The molecule has 2 aromatic carbocycles. The Hall–Kier alpha value is -1.86. The van der Waals surface area contributed by atoms with Crippen molar-refractivity contribution in [2.45, 2.75) is 11.8 Å². The Kier molecular flexibility index (Phi) is 5.43. The number of nitrogens with zero attached hydrogens (tertiary/aromatic N) is 1. The van der Waals surface area contributed by atoms with Gasteiger partial charge in [-0.25, -0.2) is 13.2 Å². The first kappa shape index (κ1) is 17.5. The van der Waals surface area contributed by atoms with Crippen LogP contribution in [0, 0.1) is 6.92 Å². The lowest BCUT2D eigenvalue weighted by molar-refractivity contribution is 0.0697. The number of halogens is 1. The van der Waals surface area contributed by atoms with Crippen molar-refractivity contribution in [2.75, 3.05) is 16.2 Å². The largest absolute Gasteiger partial charge is 0.478 e. The number of carboxylic acid groups (broad SMARTS) is 1. The van der Waals surface area contributed by atoms with Gasteiger partial charge in [0.05, 0.1) is 16.1 Å². The van der Waals surface area contributed by atoms with Gasteiger partial charge in [0, 0.05) is 11.9 Å². The summed E-state index contributed by atoms with van der Waals surface area (Å²) >= 11 is 3.26. The Morgan fingerprint density at radius 1 is 1.09 bits per heavy atom. The average Bonchev–Trinajstić information content (AvgIpc) is 2.53. The summed E-state index contributed by atoms with van der Waals surface area (Å²) in [4.78, 5) is 11.1.